The van der Waals surface area contributed by atoms with Crippen LogP contribution in [-0.4, -0.2) is 13.2 Å². The molecule has 0 unspecified atom stereocenters. The van der Waals surface area contributed by atoms with Gasteiger partial charge in [0, 0.05) is 21.7 Å². The summed E-state index contributed by atoms with van der Waals surface area (Å²) in [5.41, 5.74) is 1.01. The third-order valence-corrected chi connectivity index (χ3v) is 3.47. The van der Waals surface area contributed by atoms with Gasteiger partial charge in [-0.15, -0.1) is 0 Å². The fourth-order valence-corrected chi connectivity index (χ4v) is 2.37. The average molecular weight is 361 g/mol. The quantitative estimate of drug-likeness (QED) is 0.735. The van der Waals surface area contributed by atoms with E-state index in [1.54, 1.807) is 0 Å². The minimum Gasteiger partial charge on any atom is -0.490 e. The van der Waals surface area contributed by atoms with E-state index in [2.05, 4.69) is 21.2 Å². The third kappa shape index (κ3) is 4.60. The van der Waals surface area contributed by atoms with Crippen LogP contribution in [-0.2, 0) is 0 Å². The molecule has 0 heterocycles. The van der Waals surface area contributed by atoms with Crippen LogP contribution in [0.1, 0.15) is 0 Å². The molecule has 2 aromatic carbocycles. The van der Waals surface area contributed by atoms with Gasteiger partial charge in [0.1, 0.15) is 12.4 Å². The largest absolute Gasteiger partial charge is 0.490 e. The maximum atomic E-state index is 6.05. The Morgan fingerprint density at radius 1 is 1.05 bits per heavy atom. The SMILES string of the molecule is Clc1ccc(NCCOc2ccc(Br)cc2Cl)cc1. The van der Waals surface area contributed by atoms with Crippen LogP contribution in [0.3, 0.4) is 0 Å². The second-order valence-electron chi connectivity index (χ2n) is 3.86. The number of ether oxygens (including phenoxy) is 1. The van der Waals surface area contributed by atoms with Crippen molar-refractivity contribution in [3.63, 3.8) is 0 Å². The third-order valence-electron chi connectivity index (χ3n) is 2.43. The predicted octanol–water partition coefficient (Wildman–Crippen LogP) is 5.25. The summed E-state index contributed by atoms with van der Waals surface area (Å²) in [6.07, 6.45) is 0. The van der Waals surface area contributed by atoms with Gasteiger partial charge in [-0.05, 0) is 42.5 Å². The summed E-state index contributed by atoms with van der Waals surface area (Å²) < 4.78 is 6.53. The lowest BCUT2D eigenvalue weighted by Crippen LogP contribution is -2.11. The lowest BCUT2D eigenvalue weighted by molar-refractivity contribution is 0.333. The smallest absolute Gasteiger partial charge is 0.138 e. The molecule has 2 nitrogen and oxygen atoms in total. The Hall–Kier alpha value is -0.900. The summed E-state index contributed by atoms with van der Waals surface area (Å²) in [7, 11) is 0. The van der Waals surface area contributed by atoms with Gasteiger partial charge in [-0.1, -0.05) is 39.1 Å². The second-order valence-corrected chi connectivity index (χ2v) is 5.62. The van der Waals surface area contributed by atoms with Crippen molar-refractivity contribution in [2.75, 3.05) is 18.5 Å². The van der Waals surface area contributed by atoms with Crippen molar-refractivity contribution in [2.24, 2.45) is 0 Å². The molecule has 0 bridgehead atoms. The van der Waals surface area contributed by atoms with Gasteiger partial charge in [0.2, 0.25) is 0 Å². The Morgan fingerprint density at radius 2 is 1.79 bits per heavy atom. The molecule has 0 saturated heterocycles. The van der Waals surface area contributed by atoms with E-state index in [0.717, 1.165) is 15.2 Å². The molecule has 0 aromatic heterocycles. The average Bonchev–Trinajstić information content (AvgIpc) is 2.39. The zero-order valence-electron chi connectivity index (χ0n) is 10.00. The lowest BCUT2D eigenvalue weighted by atomic mass is 10.3. The van der Waals surface area contributed by atoms with Crippen molar-refractivity contribution in [1.82, 2.24) is 0 Å². The second kappa shape index (κ2) is 7.04. The van der Waals surface area contributed by atoms with Crippen LogP contribution in [0.15, 0.2) is 46.9 Å². The fraction of sp³-hybridized carbons (Fsp3) is 0.143. The molecule has 19 heavy (non-hydrogen) atoms. The summed E-state index contributed by atoms with van der Waals surface area (Å²) in [6, 6.07) is 13.1. The van der Waals surface area contributed by atoms with Crippen LogP contribution in [0.25, 0.3) is 0 Å². The lowest BCUT2D eigenvalue weighted by Gasteiger charge is -2.10. The highest BCUT2D eigenvalue weighted by Gasteiger charge is 2.01. The number of halogens is 3. The molecule has 2 rings (SSSR count). The Balaban J connectivity index is 1.79. The van der Waals surface area contributed by atoms with E-state index in [9.17, 15) is 0 Å². The van der Waals surface area contributed by atoms with Gasteiger partial charge in [-0.2, -0.15) is 0 Å². The zero-order valence-corrected chi connectivity index (χ0v) is 13.1. The first-order valence-electron chi connectivity index (χ1n) is 5.72. The van der Waals surface area contributed by atoms with Crippen molar-refractivity contribution in [3.8, 4) is 5.75 Å². The maximum Gasteiger partial charge on any atom is 0.138 e. The first-order valence-corrected chi connectivity index (χ1v) is 7.27. The molecule has 0 spiro atoms. The molecule has 0 aliphatic carbocycles. The molecule has 0 amide bonds. The normalized spacial score (nSPS) is 10.3. The summed E-state index contributed by atoms with van der Waals surface area (Å²) >= 11 is 15.2. The topological polar surface area (TPSA) is 21.3 Å². The highest BCUT2D eigenvalue weighted by Crippen LogP contribution is 2.27. The van der Waals surface area contributed by atoms with Crippen LogP contribution in [0.5, 0.6) is 5.75 Å². The molecule has 0 aliphatic rings. The van der Waals surface area contributed by atoms with Crippen molar-refractivity contribution in [2.45, 2.75) is 0 Å². The van der Waals surface area contributed by atoms with Gasteiger partial charge in [-0.25, -0.2) is 0 Å². The van der Waals surface area contributed by atoms with E-state index in [1.165, 1.54) is 0 Å². The molecule has 2 aromatic rings. The monoisotopic (exact) mass is 359 g/mol. The van der Waals surface area contributed by atoms with Gasteiger partial charge in [-0.3, -0.25) is 0 Å². The van der Waals surface area contributed by atoms with E-state index in [-0.39, 0.29) is 0 Å². The summed E-state index contributed by atoms with van der Waals surface area (Å²) in [5, 5.41) is 4.56. The molecular weight excluding hydrogens is 349 g/mol. The van der Waals surface area contributed by atoms with E-state index < -0.39 is 0 Å². The number of rotatable bonds is 5. The molecule has 0 fully saturated rings. The Morgan fingerprint density at radius 3 is 2.47 bits per heavy atom. The van der Waals surface area contributed by atoms with E-state index in [4.69, 9.17) is 27.9 Å². The standard InChI is InChI=1S/C14H12BrCl2NO/c15-10-1-6-14(13(17)9-10)19-8-7-18-12-4-2-11(16)3-5-12/h1-6,9,18H,7-8H2. The number of benzene rings is 2. The Kier molecular flexibility index (Phi) is 5.37. The minimum absolute atomic E-state index is 0.532. The molecule has 100 valence electrons. The molecule has 0 aliphatic heterocycles. The van der Waals surface area contributed by atoms with Gasteiger partial charge in [0.05, 0.1) is 5.02 Å². The van der Waals surface area contributed by atoms with Crippen LogP contribution >= 0.6 is 39.1 Å². The number of nitrogens with one attached hydrogen (secondary N) is 1. The van der Waals surface area contributed by atoms with E-state index in [0.29, 0.717) is 23.9 Å². The van der Waals surface area contributed by atoms with Crippen molar-refractivity contribution < 1.29 is 4.74 Å². The summed E-state index contributed by atoms with van der Waals surface area (Å²) in [6.45, 7) is 1.22. The van der Waals surface area contributed by atoms with Crippen molar-refractivity contribution >= 4 is 44.8 Å². The zero-order chi connectivity index (χ0) is 13.7. The van der Waals surface area contributed by atoms with Gasteiger partial charge < -0.3 is 10.1 Å². The van der Waals surface area contributed by atoms with E-state index >= 15 is 0 Å². The Labute approximate surface area is 130 Å². The molecule has 5 heteroatoms. The van der Waals surface area contributed by atoms with Crippen LogP contribution < -0.4 is 10.1 Å². The van der Waals surface area contributed by atoms with E-state index in [1.807, 2.05) is 42.5 Å². The van der Waals surface area contributed by atoms with Crippen LogP contribution in [0, 0.1) is 0 Å². The molecule has 0 saturated carbocycles. The van der Waals surface area contributed by atoms with Gasteiger partial charge in [0.15, 0.2) is 0 Å². The number of hydrogen-bond donors (Lipinski definition) is 1. The predicted molar refractivity (Wildman–Crippen MR) is 84.6 cm³/mol. The highest BCUT2D eigenvalue weighted by molar-refractivity contribution is 9.10. The van der Waals surface area contributed by atoms with Gasteiger partial charge >= 0.3 is 0 Å². The van der Waals surface area contributed by atoms with Crippen LogP contribution in [0.4, 0.5) is 5.69 Å². The molecule has 0 radical (unpaired) electrons. The maximum absolute atomic E-state index is 6.05. The number of hydrogen-bond acceptors (Lipinski definition) is 2. The van der Waals surface area contributed by atoms with Gasteiger partial charge in [0.25, 0.3) is 0 Å². The summed E-state index contributed by atoms with van der Waals surface area (Å²) in [5.74, 6) is 0.683. The summed E-state index contributed by atoms with van der Waals surface area (Å²) in [4.78, 5) is 0. The molecule has 0 atom stereocenters. The number of anilines is 1. The molecule has 1 N–H and O–H groups in total. The minimum atomic E-state index is 0.532. The van der Waals surface area contributed by atoms with Crippen molar-refractivity contribution in [3.05, 3.63) is 57.0 Å². The highest BCUT2D eigenvalue weighted by atomic mass is 79.9. The Bertz CT molecular complexity index is 546. The fourth-order valence-electron chi connectivity index (χ4n) is 1.52. The van der Waals surface area contributed by atoms with Crippen molar-refractivity contribution in [1.29, 1.82) is 0 Å². The first-order chi connectivity index (χ1) is 9.15. The first kappa shape index (κ1) is 14.5. The molecular formula is C14H12BrCl2NO. The van der Waals surface area contributed by atoms with Crippen LogP contribution in [0.2, 0.25) is 10.0 Å².